The van der Waals surface area contributed by atoms with Crippen LogP contribution < -0.4 is 15.4 Å². The topological polar surface area (TPSA) is 87.7 Å². The molecule has 1 aromatic carbocycles. The molecule has 0 radical (unpaired) electrons. The van der Waals surface area contributed by atoms with Crippen LogP contribution in [0.4, 0.5) is 9.59 Å². The van der Waals surface area contributed by atoms with Crippen LogP contribution in [-0.2, 0) is 4.79 Å². The van der Waals surface area contributed by atoms with Crippen molar-refractivity contribution >= 4 is 28.9 Å². The number of thioether (sulfide) groups is 1. The van der Waals surface area contributed by atoms with E-state index in [0.29, 0.717) is 19.6 Å². The lowest BCUT2D eigenvalue weighted by Gasteiger charge is -2.13. The highest BCUT2D eigenvalue weighted by atomic mass is 32.2. The van der Waals surface area contributed by atoms with Gasteiger partial charge in [-0.15, -0.1) is 0 Å². The Balaban J connectivity index is 1.51. The average molecular weight is 351 g/mol. The van der Waals surface area contributed by atoms with Crippen LogP contribution in [0.3, 0.4) is 0 Å². The molecule has 1 fully saturated rings. The van der Waals surface area contributed by atoms with Crippen molar-refractivity contribution in [1.82, 2.24) is 15.5 Å². The predicted molar refractivity (Wildman–Crippen MR) is 92.3 cm³/mol. The molecule has 1 aliphatic heterocycles. The van der Waals surface area contributed by atoms with Crippen LogP contribution in [0.1, 0.15) is 12.0 Å². The summed E-state index contributed by atoms with van der Waals surface area (Å²) in [4.78, 5) is 35.5. The third-order valence-electron chi connectivity index (χ3n) is 3.36. The lowest BCUT2D eigenvalue weighted by Crippen LogP contribution is -2.42. The number of carbonyl (C=O) groups is 3. The van der Waals surface area contributed by atoms with E-state index in [4.69, 9.17) is 4.74 Å². The zero-order valence-corrected chi connectivity index (χ0v) is 14.4. The van der Waals surface area contributed by atoms with Crippen LogP contribution in [0.2, 0.25) is 0 Å². The predicted octanol–water partition coefficient (Wildman–Crippen LogP) is 1.76. The number of amides is 4. The van der Waals surface area contributed by atoms with Gasteiger partial charge in [-0.1, -0.05) is 29.5 Å². The van der Waals surface area contributed by atoms with Gasteiger partial charge in [0.15, 0.2) is 0 Å². The first-order chi connectivity index (χ1) is 11.6. The number of carbonyl (C=O) groups excluding carboxylic acids is 3. The Kier molecular flexibility index (Phi) is 6.92. The number of nitrogens with one attached hydrogen (secondary N) is 2. The number of nitrogens with zero attached hydrogens (tertiary/aromatic N) is 1. The van der Waals surface area contributed by atoms with Crippen molar-refractivity contribution in [2.24, 2.45) is 0 Å². The molecular formula is C16H21N3O4S. The third-order valence-corrected chi connectivity index (χ3v) is 4.22. The first-order valence-electron chi connectivity index (χ1n) is 7.74. The van der Waals surface area contributed by atoms with E-state index in [1.165, 1.54) is 5.56 Å². The summed E-state index contributed by atoms with van der Waals surface area (Å²) in [5.74, 6) is 0.787. The largest absolute Gasteiger partial charge is 0.494 e. The van der Waals surface area contributed by atoms with Crippen LogP contribution in [0.5, 0.6) is 5.75 Å². The minimum atomic E-state index is -0.322. The first-order valence-corrected chi connectivity index (χ1v) is 8.73. The highest BCUT2D eigenvalue weighted by Crippen LogP contribution is 2.17. The second kappa shape index (κ2) is 9.17. The van der Waals surface area contributed by atoms with Gasteiger partial charge < -0.3 is 15.4 Å². The average Bonchev–Trinajstić information content (AvgIpc) is 2.88. The summed E-state index contributed by atoms with van der Waals surface area (Å²) in [5, 5.41) is 5.07. The molecule has 0 aromatic heterocycles. The van der Waals surface area contributed by atoms with Crippen molar-refractivity contribution in [3.05, 3.63) is 29.8 Å². The normalized spacial score (nSPS) is 14.0. The third kappa shape index (κ3) is 5.77. The Hall–Kier alpha value is -2.22. The number of ether oxygens (including phenoxy) is 1. The fourth-order valence-electron chi connectivity index (χ4n) is 2.04. The molecule has 1 aliphatic rings. The summed E-state index contributed by atoms with van der Waals surface area (Å²) >= 11 is 0.986. The van der Waals surface area contributed by atoms with Gasteiger partial charge in [-0.25, -0.2) is 4.79 Å². The van der Waals surface area contributed by atoms with Crippen molar-refractivity contribution in [2.75, 3.05) is 32.0 Å². The Morgan fingerprint density at radius 2 is 1.92 bits per heavy atom. The minimum Gasteiger partial charge on any atom is -0.494 e. The van der Waals surface area contributed by atoms with Gasteiger partial charge in [-0.3, -0.25) is 14.5 Å². The van der Waals surface area contributed by atoms with E-state index in [9.17, 15) is 14.4 Å². The van der Waals surface area contributed by atoms with Crippen LogP contribution in [0.25, 0.3) is 0 Å². The number of imide groups is 1. The number of aryl methyl sites for hydroxylation is 1. The summed E-state index contributed by atoms with van der Waals surface area (Å²) in [6.45, 7) is 3.45. The number of rotatable bonds is 8. The molecule has 8 heteroatoms. The van der Waals surface area contributed by atoms with Crippen LogP contribution in [-0.4, -0.2) is 54.1 Å². The van der Waals surface area contributed by atoms with Gasteiger partial charge in [-0.2, -0.15) is 0 Å². The maximum absolute atomic E-state index is 11.6. The molecule has 7 nitrogen and oxygen atoms in total. The standard InChI is InChI=1S/C16H21N3O4S/c1-12-3-5-13(6-4-12)23-10-2-7-17-15(21)18-8-9-19-14(20)11-24-16(19)22/h3-6H,2,7-11H2,1H3,(H2,17,18,21). The lowest BCUT2D eigenvalue weighted by molar-refractivity contribution is -0.124. The molecule has 2 N–H and O–H groups in total. The number of urea groups is 1. The summed E-state index contributed by atoms with van der Waals surface area (Å²) in [5.41, 5.74) is 1.18. The Morgan fingerprint density at radius 3 is 2.58 bits per heavy atom. The van der Waals surface area contributed by atoms with E-state index in [0.717, 1.165) is 22.4 Å². The van der Waals surface area contributed by atoms with Gasteiger partial charge in [-0.05, 0) is 25.5 Å². The van der Waals surface area contributed by atoms with Crippen LogP contribution in [0.15, 0.2) is 24.3 Å². The van der Waals surface area contributed by atoms with E-state index < -0.39 is 0 Å². The molecule has 1 saturated heterocycles. The van der Waals surface area contributed by atoms with E-state index in [1.54, 1.807) is 0 Å². The fourth-order valence-corrected chi connectivity index (χ4v) is 2.79. The molecule has 0 aliphatic carbocycles. The number of hydrogen-bond donors (Lipinski definition) is 2. The Morgan fingerprint density at radius 1 is 1.21 bits per heavy atom. The van der Waals surface area contributed by atoms with Crippen molar-refractivity contribution in [2.45, 2.75) is 13.3 Å². The minimum absolute atomic E-state index is 0.187. The zero-order chi connectivity index (χ0) is 17.4. The Labute approximate surface area is 145 Å². The number of hydrogen-bond acceptors (Lipinski definition) is 5. The highest BCUT2D eigenvalue weighted by Gasteiger charge is 2.29. The molecule has 1 aromatic rings. The summed E-state index contributed by atoms with van der Waals surface area (Å²) < 4.78 is 5.56. The lowest BCUT2D eigenvalue weighted by atomic mass is 10.2. The first kappa shape index (κ1) is 18.1. The summed E-state index contributed by atoms with van der Waals surface area (Å²) in [7, 11) is 0. The van der Waals surface area contributed by atoms with Gasteiger partial charge in [0.2, 0.25) is 5.91 Å². The van der Waals surface area contributed by atoms with Gasteiger partial charge in [0.05, 0.1) is 12.4 Å². The maximum Gasteiger partial charge on any atom is 0.314 e. The molecule has 0 spiro atoms. The van der Waals surface area contributed by atoms with E-state index in [2.05, 4.69) is 10.6 Å². The van der Waals surface area contributed by atoms with E-state index in [1.807, 2.05) is 31.2 Å². The molecule has 0 unspecified atom stereocenters. The monoisotopic (exact) mass is 351 g/mol. The molecule has 2 rings (SSSR count). The van der Waals surface area contributed by atoms with Crippen LogP contribution >= 0.6 is 11.8 Å². The van der Waals surface area contributed by atoms with E-state index in [-0.39, 0.29) is 36.0 Å². The summed E-state index contributed by atoms with van der Waals surface area (Å²) in [6, 6.07) is 7.46. The van der Waals surface area contributed by atoms with Crippen molar-refractivity contribution in [3.63, 3.8) is 0 Å². The second-order valence-corrected chi connectivity index (χ2v) is 6.22. The molecular weight excluding hydrogens is 330 g/mol. The van der Waals surface area contributed by atoms with Gasteiger partial charge in [0.1, 0.15) is 5.75 Å². The van der Waals surface area contributed by atoms with Crippen LogP contribution in [0, 0.1) is 6.92 Å². The molecule has 0 bridgehead atoms. The van der Waals surface area contributed by atoms with Crippen molar-refractivity contribution in [3.8, 4) is 5.75 Å². The smallest absolute Gasteiger partial charge is 0.314 e. The fraction of sp³-hybridized carbons (Fsp3) is 0.438. The molecule has 0 atom stereocenters. The SMILES string of the molecule is Cc1ccc(OCCCNC(=O)NCCN2C(=O)CSC2=O)cc1. The molecule has 4 amide bonds. The molecule has 130 valence electrons. The van der Waals surface area contributed by atoms with Crippen molar-refractivity contribution in [1.29, 1.82) is 0 Å². The molecule has 1 heterocycles. The van der Waals surface area contributed by atoms with Gasteiger partial charge in [0, 0.05) is 19.6 Å². The Bertz CT molecular complexity index is 575. The van der Waals surface area contributed by atoms with E-state index >= 15 is 0 Å². The molecule has 0 saturated carbocycles. The van der Waals surface area contributed by atoms with Gasteiger partial charge in [0.25, 0.3) is 5.24 Å². The number of benzene rings is 1. The molecule has 24 heavy (non-hydrogen) atoms. The quantitative estimate of drug-likeness (QED) is 0.697. The van der Waals surface area contributed by atoms with Crippen molar-refractivity contribution < 1.29 is 19.1 Å². The van der Waals surface area contributed by atoms with Gasteiger partial charge >= 0.3 is 6.03 Å². The highest BCUT2D eigenvalue weighted by molar-refractivity contribution is 8.14. The summed E-state index contributed by atoms with van der Waals surface area (Å²) in [6.07, 6.45) is 0.682. The second-order valence-electron chi connectivity index (χ2n) is 5.30. The zero-order valence-electron chi connectivity index (χ0n) is 13.5. The maximum atomic E-state index is 11.6.